The van der Waals surface area contributed by atoms with Crippen molar-refractivity contribution in [2.75, 3.05) is 0 Å². The second-order valence-corrected chi connectivity index (χ2v) is 6.95. The fraction of sp³-hybridized carbons (Fsp3) is 0. The molecule has 0 atom stereocenters. The summed E-state index contributed by atoms with van der Waals surface area (Å²) < 4.78 is 38.2. The summed E-state index contributed by atoms with van der Waals surface area (Å²) in [6, 6.07) is 12.0. The Morgan fingerprint density at radius 2 is 1.13 bits per heavy atom. The molecule has 31 heavy (non-hydrogen) atoms. The SMILES string of the molecule is O=c1c(-c2cccc(F)c2)coc2cc3occ(-c4cccc(F)c4)c(=O)c3c(O)c12. The first-order valence-electron chi connectivity index (χ1n) is 9.19. The molecule has 0 aliphatic rings. The van der Waals surface area contributed by atoms with E-state index in [2.05, 4.69) is 0 Å². The highest BCUT2D eigenvalue weighted by molar-refractivity contribution is 6.02. The number of benzene rings is 3. The molecule has 0 saturated heterocycles. The third-order valence-corrected chi connectivity index (χ3v) is 5.05. The van der Waals surface area contributed by atoms with Gasteiger partial charge in [-0.1, -0.05) is 24.3 Å². The van der Waals surface area contributed by atoms with E-state index in [4.69, 9.17) is 8.83 Å². The Morgan fingerprint density at radius 1 is 0.677 bits per heavy atom. The van der Waals surface area contributed by atoms with E-state index >= 15 is 0 Å². The molecule has 0 unspecified atom stereocenters. The summed E-state index contributed by atoms with van der Waals surface area (Å²) in [4.78, 5) is 26.2. The normalized spacial score (nSPS) is 11.3. The average Bonchev–Trinajstić information content (AvgIpc) is 2.74. The topological polar surface area (TPSA) is 80.7 Å². The zero-order valence-corrected chi connectivity index (χ0v) is 15.7. The molecule has 3 aromatic carbocycles. The molecule has 2 heterocycles. The van der Waals surface area contributed by atoms with Crippen molar-refractivity contribution in [3.63, 3.8) is 0 Å². The number of phenols is 1. The summed E-state index contributed by atoms with van der Waals surface area (Å²) in [5.74, 6) is -1.70. The van der Waals surface area contributed by atoms with Crippen molar-refractivity contribution in [1.29, 1.82) is 0 Å². The van der Waals surface area contributed by atoms with Gasteiger partial charge in [-0.05, 0) is 35.4 Å². The zero-order chi connectivity index (χ0) is 21.7. The second-order valence-electron chi connectivity index (χ2n) is 6.95. The molecule has 0 bridgehead atoms. The van der Waals surface area contributed by atoms with Crippen molar-refractivity contribution in [1.82, 2.24) is 0 Å². The van der Waals surface area contributed by atoms with Gasteiger partial charge in [-0.15, -0.1) is 0 Å². The minimum atomic E-state index is -0.637. The van der Waals surface area contributed by atoms with Gasteiger partial charge in [0.15, 0.2) is 0 Å². The molecule has 0 amide bonds. The molecule has 0 aliphatic heterocycles. The molecule has 0 fully saturated rings. The van der Waals surface area contributed by atoms with Crippen molar-refractivity contribution in [3.8, 4) is 28.0 Å². The number of aromatic hydroxyl groups is 1. The fourth-order valence-electron chi connectivity index (χ4n) is 3.58. The lowest BCUT2D eigenvalue weighted by Gasteiger charge is -2.08. The standard InChI is InChI=1S/C24H12F2O5/c25-14-5-1-3-12(7-14)16-10-30-18-9-19-21(24(29)20(18)22(16)27)23(28)17(11-31-19)13-4-2-6-15(26)8-13/h1-11,29H. The highest BCUT2D eigenvalue weighted by atomic mass is 19.1. The first-order chi connectivity index (χ1) is 14.9. The zero-order valence-electron chi connectivity index (χ0n) is 15.7. The number of hydrogen-bond acceptors (Lipinski definition) is 5. The van der Waals surface area contributed by atoms with Gasteiger partial charge in [-0.3, -0.25) is 9.59 Å². The van der Waals surface area contributed by atoms with Gasteiger partial charge in [0.2, 0.25) is 10.9 Å². The van der Waals surface area contributed by atoms with Gasteiger partial charge < -0.3 is 13.9 Å². The van der Waals surface area contributed by atoms with E-state index in [1.54, 1.807) is 0 Å². The Kier molecular flexibility index (Phi) is 4.18. The maximum absolute atomic E-state index is 13.6. The predicted octanol–water partition coefficient (Wildman–Crippen LogP) is 5.22. The molecule has 2 aromatic heterocycles. The van der Waals surface area contributed by atoms with Crippen LogP contribution in [0.3, 0.4) is 0 Å². The Labute approximate surface area is 172 Å². The van der Waals surface area contributed by atoms with Gasteiger partial charge in [-0.25, -0.2) is 8.78 Å². The summed E-state index contributed by atoms with van der Waals surface area (Å²) >= 11 is 0. The van der Waals surface area contributed by atoms with E-state index < -0.39 is 28.2 Å². The summed E-state index contributed by atoms with van der Waals surface area (Å²) in [6.45, 7) is 0. The summed E-state index contributed by atoms with van der Waals surface area (Å²) in [7, 11) is 0. The van der Waals surface area contributed by atoms with E-state index in [1.165, 1.54) is 42.5 Å². The van der Waals surface area contributed by atoms with Gasteiger partial charge in [0.25, 0.3) is 0 Å². The Morgan fingerprint density at radius 3 is 1.55 bits per heavy atom. The van der Waals surface area contributed by atoms with Crippen molar-refractivity contribution in [2.45, 2.75) is 0 Å². The lowest BCUT2D eigenvalue weighted by atomic mass is 10.0. The largest absolute Gasteiger partial charge is 0.506 e. The van der Waals surface area contributed by atoms with Crippen LogP contribution in [0.25, 0.3) is 44.2 Å². The minimum Gasteiger partial charge on any atom is -0.506 e. The molecule has 5 nitrogen and oxygen atoms in total. The summed E-state index contributed by atoms with van der Waals surface area (Å²) in [5.41, 5.74) is -0.719. The first-order valence-corrected chi connectivity index (χ1v) is 9.19. The first kappa shape index (κ1) is 18.7. The Hall–Kier alpha value is -4.26. The molecule has 5 aromatic rings. The second kappa shape index (κ2) is 6.91. The molecule has 0 saturated carbocycles. The predicted molar refractivity (Wildman–Crippen MR) is 111 cm³/mol. The van der Waals surface area contributed by atoms with Crippen molar-refractivity contribution in [3.05, 3.63) is 99.2 Å². The van der Waals surface area contributed by atoms with Crippen LogP contribution in [0.4, 0.5) is 8.78 Å². The maximum atomic E-state index is 13.6. The van der Waals surface area contributed by atoms with Gasteiger partial charge in [0, 0.05) is 6.07 Å². The quantitative estimate of drug-likeness (QED) is 0.398. The van der Waals surface area contributed by atoms with E-state index in [0.717, 1.165) is 24.7 Å². The summed E-state index contributed by atoms with van der Waals surface area (Å²) in [5, 5.41) is 10.4. The van der Waals surface area contributed by atoms with Crippen LogP contribution in [0, 0.1) is 11.6 Å². The third-order valence-electron chi connectivity index (χ3n) is 5.05. The number of phenolic OH excluding ortho intramolecular Hbond substituents is 1. The smallest absolute Gasteiger partial charge is 0.204 e. The van der Waals surface area contributed by atoms with Gasteiger partial charge in [0.1, 0.15) is 51.8 Å². The number of halogens is 2. The number of fused-ring (bicyclic) bond motifs is 2. The molecule has 1 N–H and O–H groups in total. The van der Waals surface area contributed by atoms with Crippen LogP contribution in [0.1, 0.15) is 0 Å². The minimum absolute atomic E-state index is 0.00295. The van der Waals surface area contributed by atoms with Crippen LogP contribution in [-0.2, 0) is 0 Å². The van der Waals surface area contributed by atoms with Crippen LogP contribution in [0.5, 0.6) is 5.75 Å². The Bertz CT molecular complexity index is 1500. The molecule has 152 valence electrons. The van der Waals surface area contributed by atoms with Crippen LogP contribution in [-0.4, -0.2) is 5.11 Å². The van der Waals surface area contributed by atoms with Crippen LogP contribution < -0.4 is 10.9 Å². The molecule has 7 heteroatoms. The number of rotatable bonds is 2. The van der Waals surface area contributed by atoms with E-state index in [0.29, 0.717) is 0 Å². The van der Waals surface area contributed by atoms with Crippen molar-refractivity contribution in [2.24, 2.45) is 0 Å². The lowest BCUT2D eigenvalue weighted by Crippen LogP contribution is -2.09. The monoisotopic (exact) mass is 418 g/mol. The molecule has 0 spiro atoms. The maximum Gasteiger partial charge on any atom is 0.204 e. The van der Waals surface area contributed by atoms with Crippen molar-refractivity contribution < 1.29 is 22.7 Å². The average molecular weight is 418 g/mol. The molecule has 0 radical (unpaired) electrons. The van der Waals surface area contributed by atoms with E-state index in [1.807, 2.05) is 0 Å². The summed E-state index contributed by atoms with van der Waals surface area (Å²) in [6.07, 6.45) is 2.31. The fourth-order valence-corrected chi connectivity index (χ4v) is 3.58. The van der Waals surface area contributed by atoms with Gasteiger partial charge >= 0.3 is 0 Å². The number of hydrogen-bond donors (Lipinski definition) is 1. The van der Waals surface area contributed by atoms with E-state index in [9.17, 15) is 23.5 Å². The van der Waals surface area contributed by atoms with Crippen LogP contribution >= 0.6 is 0 Å². The van der Waals surface area contributed by atoms with Crippen LogP contribution in [0.2, 0.25) is 0 Å². The third kappa shape index (κ3) is 2.98. The molecular formula is C24H12F2O5. The van der Waals surface area contributed by atoms with Crippen LogP contribution in [0.15, 0.2) is 85.5 Å². The van der Waals surface area contributed by atoms with Crippen molar-refractivity contribution >= 4 is 21.9 Å². The highest BCUT2D eigenvalue weighted by Gasteiger charge is 2.20. The highest BCUT2D eigenvalue weighted by Crippen LogP contribution is 2.33. The lowest BCUT2D eigenvalue weighted by molar-refractivity contribution is 0.483. The molecular weight excluding hydrogens is 406 g/mol. The van der Waals surface area contributed by atoms with E-state index in [-0.39, 0.29) is 44.2 Å². The van der Waals surface area contributed by atoms with Gasteiger partial charge in [-0.2, -0.15) is 0 Å². The Balaban J connectivity index is 1.83. The molecule has 0 aliphatic carbocycles. The molecule has 5 rings (SSSR count). The van der Waals surface area contributed by atoms with Gasteiger partial charge in [0.05, 0.1) is 11.1 Å².